The normalized spacial score (nSPS) is 10.9. The van der Waals surface area contributed by atoms with Crippen molar-refractivity contribution in [3.63, 3.8) is 0 Å². The Hall–Kier alpha value is -0.680. The number of unbranched alkanes of at least 4 members (excludes halogenated alkanes) is 3. The lowest BCUT2D eigenvalue weighted by Gasteiger charge is -2.07. The molecular formula is C20H26Br2N2. The predicted octanol–water partition coefficient (Wildman–Crippen LogP) is 5.65. The second-order valence-corrected chi connectivity index (χ2v) is 7.85. The molecule has 2 aromatic carbocycles. The molecule has 0 heterocycles. The molecule has 0 aromatic heterocycles. The van der Waals surface area contributed by atoms with Crippen molar-refractivity contribution >= 4 is 31.9 Å². The molecule has 0 fully saturated rings. The highest BCUT2D eigenvalue weighted by Crippen LogP contribution is 2.11. The van der Waals surface area contributed by atoms with Gasteiger partial charge in [0.2, 0.25) is 0 Å². The first-order valence-corrected chi connectivity index (χ1v) is 10.2. The van der Waals surface area contributed by atoms with E-state index in [1.807, 2.05) is 0 Å². The van der Waals surface area contributed by atoms with Gasteiger partial charge in [0.15, 0.2) is 0 Å². The highest BCUT2D eigenvalue weighted by molar-refractivity contribution is 9.10. The monoisotopic (exact) mass is 452 g/mol. The SMILES string of the molecule is Brc1ccc(CNCCCCCCNCc2ccc(Br)cc2)cc1. The van der Waals surface area contributed by atoms with E-state index in [0.29, 0.717) is 0 Å². The molecule has 2 nitrogen and oxygen atoms in total. The average molecular weight is 454 g/mol. The van der Waals surface area contributed by atoms with E-state index in [1.165, 1.54) is 36.8 Å². The van der Waals surface area contributed by atoms with Gasteiger partial charge in [0.05, 0.1) is 0 Å². The van der Waals surface area contributed by atoms with Crippen LogP contribution in [0.1, 0.15) is 36.8 Å². The summed E-state index contributed by atoms with van der Waals surface area (Å²) in [6.07, 6.45) is 5.10. The fourth-order valence-corrected chi connectivity index (χ4v) is 3.05. The smallest absolute Gasteiger partial charge is 0.0205 e. The van der Waals surface area contributed by atoms with E-state index in [9.17, 15) is 0 Å². The zero-order valence-electron chi connectivity index (χ0n) is 14.0. The minimum Gasteiger partial charge on any atom is -0.313 e. The number of benzene rings is 2. The van der Waals surface area contributed by atoms with Gasteiger partial charge in [0.1, 0.15) is 0 Å². The molecule has 0 bridgehead atoms. The van der Waals surface area contributed by atoms with Gasteiger partial charge in [0.25, 0.3) is 0 Å². The Balaban J connectivity index is 1.40. The lowest BCUT2D eigenvalue weighted by atomic mass is 10.2. The van der Waals surface area contributed by atoms with Crippen LogP contribution >= 0.6 is 31.9 Å². The van der Waals surface area contributed by atoms with Gasteiger partial charge >= 0.3 is 0 Å². The molecule has 0 aliphatic rings. The summed E-state index contributed by atoms with van der Waals surface area (Å²) in [6.45, 7) is 4.12. The lowest BCUT2D eigenvalue weighted by molar-refractivity contribution is 0.563. The second kappa shape index (κ2) is 11.8. The summed E-state index contributed by atoms with van der Waals surface area (Å²) in [5, 5.41) is 7.03. The van der Waals surface area contributed by atoms with Gasteiger partial charge in [0, 0.05) is 22.0 Å². The van der Waals surface area contributed by atoms with Crippen LogP contribution in [0.2, 0.25) is 0 Å². The molecule has 0 aliphatic heterocycles. The van der Waals surface area contributed by atoms with Crippen LogP contribution in [0.5, 0.6) is 0 Å². The van der Waals surface area contributed by atoms with E-state index in [1.54, 1.807) is 0 Å². The van der Waals surface area contributed by atoms with E-state index in [-0.39, 0.29) is 0 Å². The van der Waals surface area contributed by atoms with Crippen LogP contribution in [0.3, 0.4) is 0 Å². The molecule has 2 rings (SSSR count). The van der Waals surface area contributed by atoms with Gasteiger partial charge in [-0.15, -0.1) is 0 Å². The number of halogens is 2. The Bertz CT molecular complexity index is 514. The molecule has 0 atom stereocenters. The Labute approximate surface area is 162 Å². The minimum absolute atomic E-state index is 0.960. The standard InChI is InChI=1S/C20H26Br2N2/c21-19-9-5-17(6-10-19)15-23-13-3-1-2-4-14-24-16-18-7-11-20(22)12-8-18/h5-12,23-24H,1-4,13-16H2. The highest BCUT2D eigenvalue weighted by Gasteiger charge is 1.95. The van der Waals surface area contributed by atoms with Gasteiger partial charge < -0.3 is 10.6 Å². The molecule has 4 heteroatoms. The maximum absolute atomic E-state index is 3.51. The molecule has 0 aliphatic carbocycles. The molecule has 0 amide bonds. The van der Waals surface area contributed by atoms with Crippen LogP contribution in [0.25, 0.3) is 0 Å². The molecule has 2 aromatic rings. The topological polar surface area (TPSA) is 24.1 Å². The number of hydrogen-bond acceptors (Lipinski definition) is 2. The van der Waals surface area contributed by atoms with E-state index >= 15 is 0 Å². The summed E-state index contributed by atoms with van der Waals surface area (Å²) >= 11 is 6.92. The van der Waals surface area contributed by atoms with Crippen LogP contribution in [0, 0.1) is 0 Å². The van der Waals surface area contributed by atoms with Crippen molar-refractivity contribution in [2.45, 2.75) is 38.8 Å². The number of hydrogen-bond donors (Lipinski definition) is 2. The van der Waals surface area contributed by atoms with Crippen molar-refractivity contribution in [1.82, 2.24) is 10.6 Å². The molecule has 0 unspecified atom stereocenters. The van der Waals surface area contributed by atoms with E-state index in [0.717, 1.165) is 35.1 Å². The summed E-state index contributed by atoms with van der Waals surface area (Å²) in [7, 11) is 0. The molecule has 0 saturated heterocycles. The van der Waals surface area contributed by atoms with Crippen LogP contribution in [0.15, 0.2) is 57.5 Å². The Kier molecular flexibility index (Phi) is 9.66. The van der Waals surface area contributed by atoms with E-state index in [2.05, 4.69) is 91.0 Å². The van der Waals surface area contributed by atoms with Crippen LogP contribution in [-0.4, -0.2) is 13.1 Å². The van der Waals surface area contributed by atoms with Crippen molar-refractivity contribution in [3.8, 4) is 0 Å². The Morgan fingerprint density at radius 3 is 1.29 bits per heavy atom. The Morgan fingerprint density at radius 2 is 0.917 bits per heavy atom. The van der Waals surface area contributed by atoms with E-state index < -0.39 is 0 Å². The first kappa shape index (κ1) is 19.6. The summed E-state index contributed by atoms with van der Waals surface area (Å²) in [5.41, 5.74) is 2.69. The lowest BCUT2D eigenvalue weighted by Crippen LogP contribution is -2.16. The maximum atomic E-state index is 3.51. The van der Waals surface area contributed by atoms with Crippen molar-refractivity contribution in [1.29, 1.82) is 0 Å². The van der Waals surface area contributed by atoms with Gasteiger partial charge in [-0.1, -0.05) is 69.0 Å². The summed E-state index contributed by atoms with van der Waals surface area (Å²) in [4.78, 5) is 0. The first-order valence-electron chi connectivity index (χ1n) is 8.64. The molecular weight excluding hydrogens is 428 g/mol. The van der Waals surface area contributed by atoms with Crippen LogP contribution in [-0.2, 0) is 13.1 Å². The van der Waals surface area contributed by atoms with Gasteiger partial charge in [-0.3, -0.25) is 0 Å². The third-order valence-electron chi connectivity index (χ3n) is 3.94. The largest absolute Gasteiger partial charge is 0.313 e. The van der Waals surface area contributed by atoms with E-state index in [4.69, 9.17) is 0 Å². The minimum atomic E-state index is 0.960. The van der Waals surface area contributed by atoms with Gasteiger partial charge in [-0.25, -0.2) is 0 Å². The fourth-order valence-electron chi connectivity index (χ4n) is 2.52. The summed E-state index contributed by atoms with van der Waals surface area (Å²) in [6, 6.07) is 17.0. The predicted molar refractivity (Wildman–Crippen MR) is 110 cm³/mol. The zero-order chi connectivity index (χ0) is 17.0. The summed E-state index contributed by atoms with van der Waals surface area (Å²) < 4.78 is 2.28. The van der Waals surface area contributed by atoms with Crippen molar-refractivity contribution < 1.29 is 0 Å². The zero-order valence-corrected chi connectivity index (χ0v) is 17.2. The molecule has 0 saturated carbocycles. The molecule has 0 spiro atoms. The van der Waals surface area contributed by atoms with Crippen LogP contribution in [0.4, 0.5) is 0 Å². The number of rotatable bonds is 11. The fraction of sp³-hybridized carbons (Fsp3) is 0.400. The molecule has 24 heavy (non-hydrogen) atoms. The molecule has 2 N–H and O–H groups in total. The highest BCUT2D eigenvalue weighted by atomic mass is 79.9. The van der Waals surface area contributed by atoms with Gasteiger partial charge in [-0.2, -0.15) is 0 Å². The molecule has 130 valence electrons. The third-order valence-corrected chi connectivity index (χ3v) is 5.00. The van der Waals surface area contributed by atoms with Gasteiger partial charge in [-0.05, 0) is 61.3 Å². The Morgan fingerprint density at radius 1 is 0.542 bits per heavy atom. The number of nitrogens with one attached hydrogen (secondary N) is 2. The maximum Gasteiger partial charge on any atom is 0.0205 e. The van der Waals surface area contributed by atoms with Crippen molar-refractivity contribution in [2.24, 2.45) is 0 Å². The average Bonchev–Trinajstić information content (AvgIpc) is 2.60. The van der Waals surface area contributed by atoms with Crippen molar-refractivity contribution in [3.05, 3.63) is 68.6 Å². The van der Waals surface area contributed by atoms with Crippen molar-refractivity contribution in [2.75, 3.05) is 13.1 Å². The summed E-state index contributed by atoms with van der Waals surface area (Å²) in [5.74, 6) is 0. The second-order valence-electron chi connectivity index (χ2n) is 6.02. The van der Waals surface area contributed by atoms with Crippen LogP contribution < -0.4 is 10.6 Å². The molecule has 0 radical (unpaired) electrons. The third kappa shape index (κ3) is 8.43. The quantitative estimate of drug-likeness (QED) is 0.429. The first-order chi connectivity index (χ1) is 11.7.